The molecule has 4 heteroatoms. The van der Waals surface area contributed by atoms with E-state index < -0.39 is 0 Å². The summed E-state index contributed by atoms with van der Waals surface area (Å²) < 4.78 is 16.6. The number of allylic oxidation sites excluding steroid dienone is 5. The summed E-state index contributed by atoms with van der Waals surface area (Å²) in [6.07, 6.45) is 11.5. The Labute approximate surface area is 171 Å². The van der Waals surface area contributed by atoms with Gasteiger partial charge in [-0.2, -0.15) is 5.26 Å². The Morgan fingerprint density at radius 1 is 1.25 bits per heavy atom. The van der Waals surface area contributed by atoms with Crippen LogP contribution in [-0.2, 0) is 14.2 Å². The summed E-state index contributed by atoms with van der Waals surface area (Å²) in [5.41, 5.74) is 2.52. The smallest absolute Gasteiger partial charge is 0.107 e. The molecule has 0 aliphatic heterocycles. The third-order valence-corrected chi connectivity index (χ3v) is 4.92. The second-order valence-electron chi connectivity index (χ2n) is 7.21. The zero-order valence-electron chi connectivity index (χ0n) is 17.9. The predicted molar refractivity (Wildman–Crippen MR) is 114 cm³/mol. The highest BCUT2D eigenvalue weighted by Crippen LogP contribution is 2.29. The molecule has 1 aliphatic rings. The SMILES string of the molecule is C=C/C(C#N)=C(\C=C(/C)C#CCOC)CCCC(CCC)OC1CC(OC)C1. The molecule has 1 aliphatic carbocycles. The number of rotatable bonds is 12. The summed E-state index contributed by atoms with van der Waals surface area (Å²) >= 11 is 0. The molecule has 0 heterocycles. The highest BCUT2D eigenvalue weighted by Gasteiger charge is 2.31. The van der Waals surface area contributed by atoms with Crippen molar-refractivity contribution in [1.29, 1.82) is 5.26 Å². The lowest BCUT2D eigenvalue weighted by molar-refractivity contribution is -0.118. The maximum atomic E-state index is 9.42. The van der Waals surface area contributed by atoms with Crippen molar-refractivity contribution in [2.24, 2.45) is 0 Å². The highest BCUT2D eigenvalue weighted by molar-refractivity contribution is 5.45. The van der Waals surface area contributed by atoms with Gasteiger partial charge in [0.05, 0.1) is 30.0 Å². The Kier molecular flexibility index (Phi) is 12.3. The fourth-order valence-corrected chi connectivity index (χ4v) is 3.29. The van der Waals surface area contributed by atoms with Gasteiger partial charge in [0.2, 0.25) is 0 Å². The van der Waals surface area contributed by atoms with E-state index in [0.717, 1.165) is 56.1 Å². The molecule has 1 unspecified atom stereocenters. The van der Waals surface area contributed by atoms with E-state index in [-0.39, 0.29) is 6.10 Å². The Bertz CT molecular complexity index is 639. The van der Waals surface area contributed by atoms with Crippen LogP contribution in [0.4, 0.5) is 0 Å². The van der Waals surface area contributed by atoms with Gasteiger partial charge >= 0.3 is 0 Å². The molecule has 1 fully saturated rings. The zero-order valence-corrected chi connectivity index (χ0v) is 17.9. The number of nitriles is 1. The van der Waals surface area contributed by atoms with E-state index in [1.54, 1.807) is 20.3 Å². The van der Waals surface area contributed by atoms with Crippen LogP contribution >= 0.6 is 0 Å². The third-order valence-electron chi connectivity index (χ3n) is 4.92. The quantitative estimate of drug-likeness (QED) is 0.266. The molecule has 154 valence electrons. The van der Waals surface area contributed by atoms with Gasteiger partial charge in [-0.05, 0) is 62.7 Å². The van der Waals surface area contributed by atoms with E-state index in [1.807, 2.05) is 13.0 Å². The van der Waals surface area contributed by atoms with Crippen molar-refractivity contribution in [2.45, 2.75) is 77.1 Å². The monoisotopic (exact) mass is 385 g/mol. The fraction of sp³-hybridized carbons (Fsp3) is 0.625. The van der Waals surface area contributed by atoms with Crippen molar-refractivity contribution in [3.05, 3.63) is 35.5 Å². The summed E-state index contributed by atoms with van der Waals surface area (Å²) in [6.45, 7) is 8.32. The van der Waals surface area contributed by atoms with Crippen molar-refractivity contribution < 1.29 is 14.2 Å². The molecular weight excluding hydrogens is 350 g/mol. The van der Waals surface area contributed by atoms with E-state index in [9.17, 15) is 5.26 Å². The lowest BCUT2D eigenvalue weighted by atomic mass is 9.91. The second-order valence-corrected chi connectivity index (χ2v) is 7.21. The van der Waals surface area contributed by atoms with Gasteiger partial charge < -0.3 is 14.2 Å². The zero-order chi connectivity index (χ0) is 20.8. The van der Waals surface area contributed by atoms with Crippen LogP contribution < -0.4 is 0 Å². The molecule has 1 atom stereocenters. The lowest BCUT2D eigenvalue weighted by Gasteiger charge is -2.36. The molecule has 0 radical (unpaired) electrons. The molecule has 0 saturated heterocycles. The topological polar surface area (TPSA) is 51.5 Å². The number of ether oxygens (including phenoxy) is 3. The third kappa shape index (κ3) is 8.89. The first-order valence-electron chi connectivity index (χ1n) is 10.2. The van der Waals surface area contributed by atoms with Crippen LogP contribution in [0.15, 0.2) is 35.5 Å². The lowest BCUT2D eigenvalue weighted by Crippen LogP contribution is -2.39. The van der Waals surface area contributed by atoms with Crippen LogP contribution in [0.1, 0.15) is 58.8 Å². The number of hydrogen-bond donors (Lipinski definition) is 0. The fourth-order valence-electron chi connectivity index (χ4n) is 3.29. The van der Waals surface area contributed by atoms with Crippen LogP contribution in [0, 0.1) is 23.2 Å². The minimum atomic E-state index is 0.273. The molecule has 0 N–H and O–H groups in total. The molecular formula is C24H35NO3. The van der Waals surface area contributed by atoms with E-state index >= 15 is 0 Å². The van der Waals surface area contributed by atoms with Crippen LogP contribution in [0.25, 0.3) is 0 Å². The molecule has 28 heavy (non-hydrogen) atoms. The van der Waals surface area contributed by atoms with Gasteiger partial charge in [-0.15, -0.1) is 0 Å². The van der Waals surface area contributed by atoms with Crippen LogP contribution in [0.5, 0.6) is 0 Å². The van der Waals surface area contributed by atoms with Gasteiger partial charge in [0.25, 0.3) is 0 Å². The van der Waals surface area contributed by atoms with Gasteiger partial charge in [-0.25, -0.2) is 0 Å². The molecule has 0 aromatic heterocycles. The Balaban J connectivity index is 2.67. The average molecular weight is 386 g/mol. The van der Waals surface area contributed by atoms with E-state index in [0.29, 0.717) is 24.4 Å². The van der Waals surface area contributed by atoms with Gasteiger partial charge in [-0.3, -0.25) is 0 Å². The molecule has 0 bridgehead atoms. The standard InChI is InChI=1S/C24H35NO3/c1-6-10-22(28-24-16-23(17-24)27-5)13-8-12-21(20(7-2)18-25)15-19(3)11-9-14-26-4/h7,15,22-24H,2,6,8,10,12-14,16-17H2,1,3-5H3/b19-15+,21-20+. The van der Waals surface area contributed by atoms with Gasteiger partial charge in [-0.1, -0.05) is 37.8 Å². The largest absolute Gasteiger partial charge is 0.381 e. The maximum absolute atomic E-state index is 9.42. The Hall–Kier alpha value is -1.85. The van der Waals surface area contributed by atoms with Crippen molar-refractivity contribution in [1.82, 2.24) is 0 Å². The first-order chi connectivity index (χ1) is 13.6. The molecule has 1 rings (SSSR count). The van der Waals surface area contributed by atoms with Crippen molar-refractivity contribution in [2.75, 3.05) is 20.8 Å². The van der Waals surface area contributed by atoms with Crippen molar-refractivity contribution in [3.8, 4) is 17.9 Å². The summed E-state index contributed by atoms with van der Waals surface area (Å²) in [7, 11) is 3.39. The van der Waals surface area contributed by atoms with E-state index in [1.165, 1.54) is 0 Å². The van der Waals surface area contributed by atoms with Crippen LogP contribution in [0.2, 0.25) is 0 Å². The average Bonchev–Trinajstić information content (AvgIpc) is 2.65. The summed E-state index contributed by atoms with van der Waals surface area (Å²) in [5, 5.41) is 9.42. The summed E-state index contributed by atoms with van der Waals surface area (Å²) in [6, 6.07) is 2.25. The molecule has 4 nitrogen and oxygen atoms in total. The van der Waals surface area contributed by atoms with Gasteiger partial charge in [0.15, 0.2) is 0 Å². The maximum Gasteiger partial charge on any atom is 0.107 e. The number of hydrogen-bond acceptors (Lipinski definition) is 4. The number of methoxy groups -OCH3 is 2. The Morgan fingerprint density at radius 2 is 2.00 bits per heavy atom. The first-order valence-corrected chi connectivity index (χ1v) is 10.2. The molecule has 0 aromatic carbocycles. The van der Waals surface area contributed by atoms with Crippen LogP contribution in [-0.4, -0.2) is 39.1 Å². The summed E-state index contributed by atoms with van der Waals surface area (Å²) in [5.74, 6) is 6.01. The highest BCUT2D eigenvalue weighted by atomic mass is 16.5. The van der Waals surface area contributed by atoms with Crippen molar-refractivity contribution >= 4 is 0 Å². The van der Waals surface area contributed by atoms with Gasteiger partial charge in [0.1, 0.15) is 6.61 Å². The van der Waals surface area contributed by atoms with E-state index in [2.05, 4.69) is 31.4 Å². The number of nitrogens with zero attached hydrogens (tertiary/aromatic N) is 1. The minimum absolute atomic E-state index is 0.273. The van der Waals surface area contributed by atoms with Crippen molar-refractivity contribution in [3.63, 3.8) is 0 Å². The first kappa shape index (κ1) is 24.2. The molecule has 1 saturated carbocycles. The van der Waals surface area contributed by atoms with E-state index in [4.69, 9.17) is 14.2 Å². The second kappa shape index (κ2) is 14.2. The molecule has 0 aromatic rings. The predicted octanol–water partition coefficient (Wildman–Crippen LogP) is 5.12. The molecule has 0 amide bonds. The molecule has 0 spiro atoms. The normalized spacial score (nSPS) is 20.9. The van der Waals surface area contributed by atoms with Crippen LogP contribution in [0.3, 0.4) is 0 Å². The Morgan fingerprint density at radius 3 is 2.57 bits per heavy atom. The minimum Gasteiger partial charge on any atom is -0.381 e. The van der Waals surface area contributed by atoms with Gasteiger partial charge in [0, 0.05) is 14.2 Å². The summed E-state index contributed by atoms with van der Waals surface area (Å²) in [4.78, 5) is 0.